The lowest BCUT2D eigenvalue weighted by atomic mass is 9.97. The van der Waals surface area contributed by atoms with Crippen molar-refractivity contribution in [2.45, 2.75) is 26.9 Å². The molecular weight excluding hydrogens is 152 g/mol. The highest BCUT2D eigenvalue weighted by Gasteiger charge is 2.65. The number of hydrogen-bond acceptors (Lipinski definition) is 2. The van der Waals surface area contributed by atoms with E-state index in [0.29, 0.717) is 0 Å². The Morgan fingerprint density at radius 2 is 2.08 bits per heavy atom. The molecule has 1 saturated carbocycles. The van der Waals surface area contributed by atoms with Gasteiger partial charge in [0.1, 0.15) is 0 Å². The molecule has 0 aliphatic heterocycles. The number of fused-ring (bicyclic) bond motifs is 1. The Kier molecular flexibility index (Phi) is 1.33. The van der Waals surface area contributed by atoms with Crippen LogP contribution in [0.25, 0.3) is 0 Å². The van der Waals surface area contributed by atoms with Gasteiger partial charge in [-0.15, -0.1) is 0 Å². The Labute approximate surface area is 72.3 Å². The molecular formula is C10H14O2. The average Bonchev–Trinajstić information content (AvgIpc) is 2.50. The van der Waals surface area contributed by atoms with E-state index in [-0.39, 0.29) is 29.1 Å². The SMILES string of the molecule is CC1=CC(=O)[C@H]2[C@H](C1O)C2(C)C. The predicted molar refractivity (Wildman–Crippen MR) is 45.5 cm³/mol. The second-order valence-electron chi connectivity index (χ2n) is 4.56. The minimum absolute atomic E-state index is 0.0186. The van der Waals surface area contributed by atoms with Gasteiger partial charge in [0, 0.05) is 11.8 Å². The Morgan fingerprint density at radius 3 is 2.67 bits per heavy atom. The zero-order chi connectivity index (χ0) is 9.09. The lowest BCUT2D eigenvalue weighted by Gasteiger charge is -2.14. The standard InChI is InChI=1S/C10H14O2/c1-5-4-6(11)7-8(9(5)12)10(7,2)3/h4,7-9,12H,1-3H3/t7-,8+,9?/m0/s1. The van der Waals surface area contributed by atoms with E-state index in [9.17, 15) is 9.90 Å². The number of aliphatic hydroxyl groups excluding tert-OH is 1. The molecule has 0 aromatic carbocycles. The van der Waals surface area contributed by atoms with Crippen molar-refractivity contribution in [2.24, 2.45) is 17.3 Å². The highest BCUT2D eigenvalue weighted by molar-refractivity contribution is 5.97. The second kappa shape index (κ2) is 1.99. The first-order valence-electron chi connectivity index (χ1n) is 4.36. The highest BCUT2D eigenvalue weighted by Crippen LogP contribution is 2.62. The maximum atomic E-state index is 11.4. The molecule has 1 unspecified atom stereocenters. The lowest BCUT2D eigenvalue weighted by molar-refractivity contribution is -0.117. The fraction of sp³-hybridized carbons (Fsp3) is 0.700. The molecule has 0 amide bonds. The molecule has 0 aromatic rings. The van der Waals surface area contributed by atoms with Gasteiger partial charge in [-0.3, -0.25) is 4.79 Å². The van der Waals surface area contributed by atoms with Gasteiger partial charge in [-0.1, -0.05) is 13.8 Å². The van der Waals surface area contributed by atoms with Crippen molar-refractivity contribution in [1.82, 2.24) is 0 Å². The van der Waals surface area contributed by atoms with Gasteiger partial charge in [-0.05, 0) is 24.0 Å². The summed E-state index contributed by atoms with van der Waals surface area (Å²) in [7, 11) is 0. The summed E-state index contributed by atoms with van der Waals surface area (Å²) < 4.78 is 0. The van der Waals surface area contributed by atoms with Crippen molar-refractivity contribution in [2.75, 3.05) is 0 Å². The Bertz CT molecular complexity index is 276. The van der Waals surface area contributed by atoms with Gasteiger partial charge in [-0.25, -0.2) is 0 Å². The summed E-state index contributed by atoms with van der Waals surface area (Å²) in [5, 5.41) is 9.72. The smallest absolute Gasteiger partial charge is 0.159 e. The molecule has 0 aromatic heterocycles. The first kappa shape index (κ1) is 7.99. The fourth-order valence-electron chi connectivity index (χ4n) is 2.49. The maximum Gasteiger partial charge on any atom is 0.159 e. The van der Waals surface area contributed by atoms with Crippen LogP contribution < -0.4 is 0 Å². The number of rotatable bonds is 0. The molecule has 66 valence electrons. The number of allylic oxidation sites excluding steroid dienone is 1. The van der Waals surface area contributed by atoms with Crippen LogP contribution in [0.2, 0.25) is 0 Å². The molecule has 0 saturated heterocycles. The van der Waals surface area contributed by atoms with Gasteiger partial charge in [0.15, 0.2) is 5.78 Å². The van der Waals surface area contributed by atoms with Crippen molar-refractivity contribution >= 4 is 5.78 Å². The lowest BCUT2D eigenvalue weighted by Crippen LogP contribution is -2.20. The fourth-order valence-corrected chi connectivity index (χ4v) is 2.49. The van der Waals surface area contributed by atoms with Crippen molar-refractivity contribution in [3.05, 3.63) is 11.6 Å². The van der Waals surface area contributed by atoms with E-state index in [1.165, 1.54) is 0 Å². The first-order chi connectivity index (χ1) is 5.46. The van der Waals surface area contributed by atoms with Crippen LogP contribution in [0.4, 0.5) is 0 Å². The quantitative estimate of drug-likeness (QED) is 0.586. The molecule has 0 radical (unpaired) electrons. The third-order valence-electron chi connectivity index (χ3n) is 3.39. The molecule has 2 nitrogen and oxygen atoms in total. The summed E-state index contributed by atoms with van der Waals surface area (Å²) in [4.78, 5) is 11.4. The normalized spacial score (nSPS) is 43.5. The number of carbonyl (C=O) groups is 1. The minimum atomic E-state index is -0.386. The molecule has 2 rings (SSSR count). The summed E-state index contributed by atoms with van der Waals surface area (Å²) in [6.45, 7) is 5.93. The van der Waals surface area contributed by atoms with Crippen LogP contribution in [0.1, 0.15) is 20.8 Å². The summed E-state index contributed by atoms with van der Waals surface area (Å²) in [5.41, 5.74) is 0.844. The third-order valence-corrected chi connectivity index (χ3v) is 3.39. The van der Waals surface area contributed by atoms with Gasteiger partial charge in [-0.2, -0.15) is 0 Å². The zero-order valence-corrected chi connectivity index (χ0v) is 7.66. The van der Waals surface area contributed by atoms with Crippen LogP contribution in [0, 0.1) is 17.3 Å². The molecule has 2 aliphatic rings. The minimum Gasteiger partial charge on any atom is -0.388 e. The molecule has 0 bridgehead atoms. The molecule has 3 atom stereocenters. The van der Waals surface area contributed by atoms with E-state index >= 15 is 0 Å². The molecule has 12 heavy (non-hydrogen) atoms. The largest absolute Gasteiger partial charge is 0.388 e. The Hall–Kier alpha value is -0.630. The van der Waals surface area contributed by atoms with Gasteiger partial charge in [0.2, 0.25) is 0 Å². The second-order valence-corrected chi connectivity index (χ2v) is 4.56. The van der Waals surface area contributed by atoms with Crippen LogP contribution in [0.3, 0.4) is 0 Å². The zero-order valence-electron chi connectivity index (χ0n) is 7.66. The first-order valence-corrected chi connectivity index (χ1v) is 4.36. The topological polar surface area (TPSA) is 37.3 Å². The van der Waals surface area contributed by atoms with Gasteiger partial charge in [0.25, 0.3) is 0 Å². The van der Waals surface area contributed by atoms with Crippen molar-refractivity contribution in [3.8, 4) is 0 Å². The third kappa shape index (κ3) is 0.761. The van der Waals surface area contributed by atoms with E-state index < -0.39 is 0 Å². The Balaban J connectivity index is 2.35. The number of ketones is 1. The molecule has 2 aliphatic carbocycles. The van der Waals surface area contributed by atoms with Crippen LogP contribution in [0.15, 0.2) is 11.6 Å². The predicted octanol–water partition coefficient (Wildman–Crippen LogP) is 1.15. The Morgan fingerprint density at radius 1 is 1.50 bits per heavy atom. The van der Waals surface area contributed by atoms with Crippen molar-refractivity contribution in [1.29, 1.82) is 0 Å². The van der Waals surface area contributed by atoms with Gasteiger partial charge >= 0.3 is 0 Å². The highest BCUT2D eigenvalue weighted by atomic mass is 16.3. The molecule has 1 N–H and O–H groups in total. The molecule has 0 spiro atoms. The van der Waals surface area contributed by atoms with E-state index in [2.05, 4.69) is 13.8 Å². The van der Waals surface area contributed by atoms with Gasteiger partial charge in [0.05, 0.1) is 6.10 Å². The molecule has 2 heteroatoms. The summed E-state index contributed by atoms with van der Waals surface area (Å²) in [6, 6.07) is 0. The summed E-state index contributed by atoms with van der Waals surface area (Å²) >= 11 is 0. The average molecular weight is 166 g/mol. The maximum absolute atomic E-state index is 11.4. The summed E-state index contributed by atoms with van der Waals surface area (Å²) in [6.07, 6.45) is 1.21. The van der Waals surface area contributed by atoms with E-state index in [0.717, 1.165) is 5.57 Å². The molecule has 0 heterocycles. The van der Waals surface area contributed by atoms with E-state index in [1.807, 2.05) is 6.92 Å². The molecule has 1 fully saturated rings. The number of carbonyl (C=O) groups excluding carboxylic acids is 1. The number of hydrogen-bond donors (Lipinski definition) is 1. The van der Waals surface area contributed by atoms with Crippen LogP contribution in [-0.4, -0.2) is 17.0 Å². The van der Waals surface area contributed by atoms with E-state index in [1.54, 1.807) is 6.08 Å². The van der Waals surface area contributed by atoms with Crippen LogP contribution in [-0.2, 0) is 4.79 Å². The van der Waals surface area contributed by atoms with Gasteiger partial charge < -0.3 is 5.11 Å². The summed E-state index contributed by atoms with van der Waals surface area (Å²) in [5.74, 6) is 0.457. The van der Waals surface area contributed by atoms with E-state index in [4.69, 9.17) is 0 Å². The van der Waals surface area contributed by atoms with Crippen molar-refractivity contribution < 1.29 is 9.90 Å². The van der Waals surface area contributed by atoms with Crippen LogP contribution >= 0.6 is 0 Å². The monoisotopic (exact) mass is 166 g/mol. The van der Waals surface area contributed by atoms with Crippen molar-refractivity contribution in [3.63, 3.8) is 0 Å². The number of aliphatic hydroxyl groups is 1. The van der Waals surface area contributed by atoms with Crippen LogP contribution in [0.5, 0.6) is 0 Å².